The highest BCUT2D eigenvalue weighted by Gasteiger charge is 2.15. The van der Waals surface area contributed by atoms with Crippen LogP contribution >= 0.6 is 0 Å². The predicted octanol–water partition coefficient (Wildman–Crippen LogP) is 3.63. The molecule has 0 saturated heterocycles. The summed E-state index contributed by atoms with van der Waals surface area (Å²) >= 11 is 0. The van der Waals surface area contributed by atoms with Gasteiger partial charge >= 0.3 is 0 Å². The molecule has 128 valence electrons. The molecule has 0 atom stereocenters. The average Bonchev–Trinajstić information content (AvgIpc) is 2.67. The van der Waals surface area contributed by atoms with Crippen molar-refractivity contribution in [1.29, 1.82) is 0 Å². The molecule has 2 aromatic rings. The van der Waals surface area contributed by atoms with E-state index in [1.165, 1.54) is 11.1 Å². The van der Waals surface area contributed by atoms with Crippen molar-refractivity contribution in [2.75, 3.05) is 6.54 Å². The van der Waals surface area contributed by atoms with Crippen LogP contribution in [-0.2, 0) is 23.3 Å². The van der Waals surface area contributed by atoms with Gasteiger partial charge in [0.15, 0.2) is 0 Å². The van der Waals surface area contributed by atoms with Crippen LogP contribution < -0.4 is 0 Å². The van der Waals surface area contributed by atoms with Gasteiger partial charge in [-0.15, -0.1) is 0 Å². The van der Waals surface area contributed by atoms with Gasteiger partial charge in [-0.2, -0.15) is 8.42 Å². The van der Waals surface area contributed by atoms with Gasteiger partial charge in [-0.25, -0.2) is 0 Å². The zero-order valence-electron chi connectivity index (χ0n) is 14.0. The first-order chi connectivity index (χ1) is 12.2. The molecule has 0 bridgehead atoms. The molecule has 0 saturated carbocycles. The molecule has 0 spiro atoms. The maximum Gasteiger partial charge on any atom is 0.217 e. The summed E-state index contributed by atoms with van der Waals surface area (Å²) < 4.78 is 22.7. The van der Waals surface area contributed by atoms with E-state index in [9.17, 15) is 8.42 Å². The number of benzene rings is 2. The van der Waals surface area contributed by atoms with Gasteiger partial charge in [-0.05, 0) is 29.7 Å². The van der Waals surface area contributed by atoms with Gasteiger partial charge in [0.1, 0.15) is 0 Å². The highest BCUT2D eigenvalue weighted by atomic mass is 32.2. The fourth-order valence-corrected chi connectivity index (χ4v) is 3.39. The molecule has 25 heavy (non-hydrogen) atoms. The van der Waals surface area contributed by atoms with Crippen LogP contribution in [0.5, 0.6) is 0 Å². The summed E-state index contributed by atoms with van der Waals surface area (Å²) in [5, 5.41) is 0. The van der Waals surface area contributed by atoms with Crippen LogP contribution in [0.3, 0.4) is 0 Å². The van der Waals surface area contributed by atoms with E-state index in [1.54, 1.807) is 6.08 Å². The van der Waals surface area contributed by atoms with E-state index < -0.39 is 10.3 Å². The Labute approximate surface area is 150 Å². The van der Waals surface area contributed by atoms with Crippen molar-refractivity contribution >= 4 is 15.2 Å². The minimum atomic E-state index is -2.16. The maximum atomic E-state index is 11.3. The molecule has 1 aliphatic carbocycles. The normalized spacial score (nSPS) is 13.4. The number of rotatable bonds is 6. The van der Waals surface area contributed by atoms with Crippen LogP contribution in [0, 0.1) is 0 Å². The highest BCUT2D eigenvalue weighted by molar-refractivity contribution is 7.73. The van der Waals surface area contributed by atoms with Gasteiger partial charge in [-0.1, -0.05) is 66.7 Å². The molecular formula is C21H21NO2S. The molecule has 3 nitrogen and oxygen atoms in total. The third-order valence-electron chi connectivity index (χ3n) is 4.28. The van der Waals surface area contributed by atoms with E-state index >= 15 is 0 Å². The topological polar surface area (TPSA) is 37.4 Å². The first-order valence-corrected chi connectivity index (χ1v) is 9.45. The second-order valence-corrected chi connectivity index (χ2v) is 7.03. The summed E-state index contributed by atoms with van der Waals surface area (Å²) in [7, 11) is -2.16. The Balaban J connectivity index is 1.80. The van der Waals surface area contributed by atoms with Gasteiger partial charge in [-0.3, -0.25) is 0 Å². The Morgan fingerprint density at radius 3 is 2.16 bits per heavy atom. The van der Waals surface area contributed by atoms with Crippen LogP contribution in [0.4, 0.5) is 0 Å². The Hall–Kier alpha value is -2.59. The third kappa shape index (κ3) is 4.94. The van der Waals surface area contributed by atoms with Crippen molar-refractivity contribution in [3.8, 4) is 0 Å². The molecule has 0 unspecified atom stereocenters. The van der Waals surface area contributed by atoms with Crippen molar-refractivity contribution in [3.05, 3.63) is 95.7 Å². The third-order valence-corrected chi connectivity index (χ3v) is 4.98. The molecule has 0 radical (unpaired) electrons. The van der Waals surface area contributed by atoms with Crippen molar-refractivity contribution in [1.82, 2.24) is 4.90 Å². The van der Waals surface area contributed by atoms with Crippen molar-refractivity contribution < 1.29 is 8.42 Å². The Morgan fingerprint density at radius 2 is 1.52 bits per heavy atom. The zero-order chi connectivity index (χ0) is 17.5. The molecule has 0 N–H and O–H groups in total. The van der Waals surface area contributed by atoms with Gasteiger partial charge in [0.2, 0.25) is 10.3 Å². The fraction of sp³-hybridized carbons (Fsp3) is 0.190. The lowest BCUT2D eigenvalue weighted by Gasteiger charge is -2.28. The molecule has 3 rings (SSSR count). The Bertz CT molecular complexity index is 889. The minimum absolute atomic E-state index is 0.440. The number of allylic oxidation sites excluding steroid dienone is 4. The van der Waals surface area contributed by atoms with Crippen LogP contribution in [0.25, 0.3) is 0 Å². The molecule has 0 amide bonds. The minimum Gasteiger partial charge on any atom is -0.370 e. The summed E-state index contributed by atoms with van der Waals surface area (Å²) in [6.45, 7) is 1.61. The molecule has 2 aromatic carbocycles. The standard InChI is InChI=1S/C21H21NO2S/c23-25(24)21-13-7-12-20(16-21)22(17-19-10-5-2-6-11-19)15-14-18-8-3-1-4-9-18/h1-13H,14-17H2. The second kappa shape index (κ2) is 8.49. The highest BCUT2D eigenvalue weighted by Crippen LogP contribution is 2.19. The smallest absolute Gasteiger partial charge is 0.217 e. The molecule has 4 heteroatoms. The molecule has 0 aromatic heterocycles. The Kier molecular flexibility index (Phi) is 5.86. The number of hydrogen-bond acceptors (Lipinski definition) is 3. The van der Waals surface area contributed by atoms with Gasteiger partial charge in [0.05, 0.1) is 4.86 Å². The van der Waals surface area contributed by atoms with Crippen LogP contribution in [0.1, 0.15) is 17.5 Å². The molecule has 1 aliphatic rings. The van der Waals surface area contributed by atoms with E-state index in [0.717, 1.165) is 25.2 Å². The monoisotopic (exact) mass is 351 g/mol. The van der Waals surface area contributed by atoms with Crippen LogP contribution in [-0.4, -0.2) is 24.7 Å². The lowest BCUT2D eigenvalue weighted by atomic mass is 10.1. The number of hydrogen-bond donors (Lipinski definition) is 0. The van der Waals surface area contributed by atoms with Crippen molar-refractivity contribution in [3.63, 3.8) is 0 Å². The molecular weight excluding hydrogens is 330 g/mol. The first kappa shape index (κ1) is 17.2. The summed E-state index contributed by atoms with van der Waals surface area (Å²) in [4.78, 5) is 2.72. The van der Waals surface area contributed by atoms with E-state index in [2.05, 4.69) is 29.2 Å². The lowest BCUT2D eigenvalue weighted by Crippen LogP contribution is -2.27. The van der Waals surface area contributed by atoms with E-state index in [-0.39, 0.29) is 0 Å². The first-order valence-electron chi connectivity index (χ1n) is 8.37. The quantitative estimate of drug-likeness (QED) is 0.746. The summed E-state index contributed by atoms with van der Waals surface area (Å²) in [5.74, 6) is 0. The SMILES string of the molecule is O=S(=O)=C1C=CC=C(N(CCc2ccccc2)Cc2ccccc2)C1. The largest absolute Gasteiger partial charge is 0.370 e. The maximum absolute atomic E-state index is 11.3. The van der Waals surface area contributed by atoms with Crippen molar-refractivity contribution in [2.45, 2.75) is 19.4 Å². The predicted molar refractivity (Wildman–Crippen MR) is 103 cm³/mol. The van der Waals surface area contributed by atoms with E-state index in [0.29, 0.717) is 11.3 Å². The summed E-state index contributed by atoms with van der Waals surface area (Å²) in [5.41, 5.74) is 3.54. The summed E-state index contributed by atoms with van der Waals surface area (Å²) in [6, 6.07) is 20.6. The number of nitrogens with zero attached hydrogens (tertiary/aromatic N) is 1. The van der Waals surface area contributed by atoms with E-state index in [1.807, 2.05) is 48.6 Å². The van der Waals surface area contributed by atoms with Crippen LogP contribution in [0.2, 0.25) is 0 Å². The van der Waals surface area contributed by atoms with Gasteiger partial charge in [0, 0.05) is 25.2 Å². The van der Waals surface area contributed by atoms with E-state index in [4.69, 9.17) is 0 Å². The Morgan fingerprint density at radius 1 is 0.880 bits per heavy atom. The second-order valence-electron chi connectivity index (χ2n) is 6.04. The summed E-state index contributed by atoms with van der Waals surface area (Å²) in [6.07, 6.45) is 6.89. The van der Waals surface area contributed by atoms with Crippen LogP contribution in [0.15, 0.2) is 84.6 Å². The van der Waals surface area contributed by atoms with Gasteiger partial charge in [0.25, 0.3) is 0 Å². The zero-order valence-corrected chi connectivity index (χ0v) is 14.8. The fourth-order valence-electron chi connectivity index (χ4n) is 2.93. The lowest BCUT2D eigenvalue weighted by molar-refractivity contribution is 0.336. The van der Waals surface area contributed by atoms with Crippen molar-refractivity contribution in [2.24, 2.45) is 0 Å². The molecule has 0 fully saturated rings. The average molecular weight is 351 g/mol. The molecule has 0 heterocycles. The van der Waals surface area contributed by atoms with Gasteiger partial charge < -0.3 is 4.90 Å². The molecule has 0 aliphatic heterocycles.